The molecule has 1 N–H and O–H groups in total. The molecule has 6 nitrogen and oxygen atoms in total. The van der Waals surface area contributed by atoms with Crippen LogP contribution in [0.1, 0.15) is 21.6 Å². The zero-order valence-corrected chi connectivity index (χ0v) is 10.6. The number of aromatic nitrogens is 1. The molecule has 0 spiro atoms. The van der Waals surface area contributed by atoms with Crippen molar-refractivity contribution in [1.82, 2.24) is 4.98 Å². The predicted octanol–water partition coefficient (Wildman–Crippen LogP) is 0.689. The number of hydrogen-bond donors (Lipinski definition) is 1. The molecule has 3 heterocycles. The number of carbonyl (C=O) groups is 1. The highest BCUT2D eigenvalue weighted by atomic mass is 16.5. The minimum absolute atomic E-state index is 0.256. The fourth-order valence-electron chi connectivity index (χ4n) is 2.45. The Kier molecular flexibility index (Phi) is 3.35. The Morgan fingerprint density at radius 2 is 2.05 bits per heavy atom. The standard InChI is InChI=1S/C13H16N2O4/c16-13(17)10-7-9-8-19-4-1-11(9)14-12(10)15-2-5-18-6-3-15/h7H,1-6,8H2,(H,16,17). The second-order valence-electron chi connectivity index (χ2n) is 4.67. The molecule has 102 valence electrons. The second kappa shape index (κ2) is 5.14. The van der Waals surface area contributed by atoms with Gasteiger partial charge < -0.3 is 19.5 Å². The number of rotatable bonds is 2. The van der Waals surface area contributed by atoms with Crippen LogP contribution in [0.25, 0.3) is 0 Å². The summed E-state index contributed by atoms with van der Waals surface area (Å²) in [5.41, 5.74) is 2.10. The third kappa shape index (κ3) is 2.41. The molecule has 19 heavy (non-hydrogen) atoms. The highest BCUT2D eigenvalue weighted by molar-refractivity contribution is 5.93. The zero-order valence-electron chi connectivity index (χ0n) is 10.6. The van der Waals surface area contributed by atoms with Crippen LogP contribution in [0, 0.1) is 0 Å². The van der Waals surface area contributed by atoms with Gasteiger partial charge in [0.1, 0.15) is 11.4 Å². The van der Waals surface area contributed by atoms with Gasteiger partial charge in [-0.25, -0.2) is 9.78 Å². The van der Waals surface area contributed by atoms with E-state index in [1.165, 1.54) is 0 Å². The van der Waals surface area contributed by atoms with Crippen molar-refractivity contribution in [2.75, 3.05) is 37.8 Å². The summed E-state index contributed by atoms with van der Waals surface area (Å²) in [6, 6.07) is 1.70. The van der Waals surface area contributed by atoms with Crippen LogP contribution in [0.5, 0.6) is 0 Å². The molecule has 1 saturated heterocycles. The molecular weight excluding hydrogens is 248 g/mol. The average Bonchev–Trinajstić information content (AvgIpc) is 2.46. The molecule has 0 bridgehead atoms. The Hall–Kier alpha value is -1.66. The molecule has 0 saturated carbocycles. The fourth-order valence-corrected chi connectivity index (χ4v) is 2.45. The Balaban J connectivity index is 2.02. The van der Waals surface area contributed by atoms with Crippen LogP contribution in [0.2, 0.25) is 0 Å². The van der Waals surface area contributed by atoms with Crippen molar-refractivity contribution in [1.29, 1.82) is 0 Å². The number of ether oxygens (including phenoxy) is 2. The van der Waals surface area contributed by atoms with Crippen molar-refractivity contribution >= 4 is 11.8 Å². The lowest BCUT2D eigenvalue weighted by Gasteiger charge is -2.30. The van der Waals surface area contributed by atoms with Crippen molar-refractivity contribution in [3.63, 3.8) is 0 Å². The highest BCUT2D eigenvalue weighted by Gasteiger charge is 2.23. The number of nitrogens with zero attached hydrogens (tertiary/aromatic N) is 2. The molecule has 0 aliphatic carbocycles. The normalized spacial score (nSPS) is 19.1. The topological polar surface area (TPSA) is 71.9 Å². The first-order valence-corrected chi connectivity index (χ1v) is 6.42. The number of pyridine rings is 1. The van der Waals surface area contributed by atoms with Crippen LogP contribution < -0.4 is 4.90 Å². The Labute approximate surface area is 111 Å². The Morgan fingerprint density at radius 3 is 2.79 bits per heavy atom. The molecule has 1 fully saturated rings. The summed E-state index contributed by atoms with van der Waals surface area (Å²) in [5, 5.41) is 9.36. The SMILES string of the molecule is O=C(O)c1cc2c(nc1N1CCOCC1)CCOC2. The quantitative estimate of drug-likeness (QED) is 0.847. The van der Waals surface area contributed by atoms with Crippen molar-refractivity contribution in [2.24, 2.45) is 0 Å². The van der Waals surface area contributed by atoms with E-state index in [0.717, 1.165) is 17.7 Å². The lowest BCUT2D eigenvalue weighted by molar-refractivity contribution is 0.0694. The number of aromatic carboxylic acids is 1. The summed E-state index contributed by atoms with van der Waals surface area (Å²) in [5.74, 6) is -0.376. The van der Waals surface area contributed by atoms with Crippen molar-refractivity contribution in [3.05, 3.63) is 22.9 Å². The van der Waals surface area contributed by atoms with Gasteiger partial charge in [0.25, 0.3) is 0 Å². The largest absolute Gasteiger partial charge is 0.478 e. The number of hydrogen-bond acceptors (Lipinski definition) is 5. The van der Waals surface area contributed by atoms with Gasteiger partial charge in [0.05, 0.1) is 32.1 Å². The van der Waals surface area contributed by atoms with Crippen LogP contribution in [0.4, 0.5) is 5.82 Å². The van der Waals surface area contributed by atoms with E-state index in [1.54, 1.807) is 6.07 Å². The average molecular weight is 264 g/mol. The van der Waals surface area contributed by atoms with Gasteiger partial charge in [-0.15, -0.1) is 0 Å². The fraction of sp³-hybridized carbons (Fsp3) is 0.538. The first kappa shape index (κ1) is 12.4. The maximum atomic E-state index is 11.4. The minimum Gasteiger partial charge on any atom is -0.478 e. The number of anilines is 1. The molecule has 3 rings (SSSR count). The van der Waals surface area contributed by atoms with Crippen LogP contribution in [0.3, 0.4) is 0 Å². The lowest BCUT2D eigenvalue weighted by atomic mass is 10.1. The van der Waals surface area contributed by atoms with Crippen molar-refractivity contribution in [3.8, 4) is 0 Å². The molecule has 0 unspecified atom stereocenters. The molecule has 0 atom stereocenters. The van der Waals surface area contributed by atoms with E-state index in [9.17, 15) is 9.90 Å². The van der Waals surface area contributed by atoms with Crippen molar-refractivity contribution in [2.45, 2.75) is 13.0 Å². The lowest BCUT2D eigenvalue weighted by Crippen LogP contribution is -2.38. The molecule has 0 amide bonds. The third-order valence-corrected chi connectivity index (χ3v) is 3.45. The van der Waals surface area contributed by atoms with Gasteiger partial charge >= 0.3 is 5.97 Å². The van der Waals surface area contributed by atoms with E-state index >= 15 is 0 Å². The number of fused-ring (bicyclic) bond motifs is 1. The van der Waals surface area contributed by atoms with Gasteiger partial charge in [-0.1, -0.05) is 0 Å². The molecule has 2 aliphatic heterocycles. The van der Waals surface area contributed by atoms with Gasteiger partial charge in [-0.2, -0.15) is 0 Å². The monoisotopic (exact) mass is 264 g/mol. The first-order valence-electron chi connectivity index (χ1n) is 6.42. The maximum Gasteiger partial charge on any atom is 0.339 e. The molecule has 1 aromatic heterocycles. The van der Waals surface area contributed by atoms with E-state index < -0.39 is 5.97 Å². The summed E-state index contributed by atoms with van der Waals surface area (Å²) < 4.78 is 10.6. The van der Waals surface area contributed by atoms with E-state index in [-0.39, 0.29) is 5.56 Å². The van der Waals surface area contributed by atoms with Crippen LogP contribution >= 0.6 is 0 Å². The Morgan fingerprint density at radius 1 is 1.26 bits per heavy atom. The number of carboxylic acid groups (broad SMARTS) is 1. The summed E-state index contributed by atoms with van der Waals surface area (Å²) in [6.45, 7) is 3.69. The van der Waals surface area contributed by atoms with Crippen LogP contribution in [-0.2, 0) is 22.5 Å². The highest BCUT2D eigenvalue weighted by Crippen LogP contribution is 2.25. The summed E-state index contributed by atoms with van der Waals surface area (Å²) in [7, 11) is 0. The van der Waals surface area contributed by atoms with Crippen molar-refractivity contribution < 1.29 is 19.4 Å². The number of carboxylic acids is 1. The first-order chi connectivity index (χ1) is 9.25. The van der Waals surface area contributed by atoms with Gasteiger partial charge in [-0.05, 0) is 6.07 Å². The maximum absolute atomic E-state index is 11.4. The van der Waals surface area contributed by atoms with E-state index in [1.807, 2.05) is 4.90 Å². The zero-order chi connectivity index (χ0) is 13.2. The predicted molar refractivity (Wildman–Crippen MR) is 67.6 cm³/mol. The molecule has 2 aliphatic rings. The van der Waals surface area contributed by atoms with Gasteiger partial charge in [-0.3, -0.25) is 0 Å². The Bertz CT molecular complexity index is 498. The second-order valence-corrected chi connectivity index (χ2v) is 4.67. The summed E-state index contributed by atoms with van der Waals surface area (Å²) in [4.78, 5) is 18.0. The molecular formula is C13H16N2O4. The van der Waals surface area contributed by atoms with Gasteiger partial charge in [0.15, 0.2) is 0 Å². The van der Waals surface area contributed by atoms with Crippen LogP contribution in [-0.4, -0.2) is 49.0 Å². The smallest absolute Gasteiger partial charge is 0.339 e. The molecule has 1 aromatic rings. The van der Waals surface area contributed by atoms with Gasteiger partial charge in [0.2, 0.25) is 0 Å². The van der Waals surface area contributed by atoms with E-state index in [2.05, 4.69) is 4.98 Å². The summed E-state index contributed by atoms with van der Waals surface area (Å²) in [6.07, 6.45) is 0.743. The number of morpholine rings is 1. The molecule has 6 heteroatoms. The third-order valence-electron chi connectivity index (χ3n) is 3.45. The minimum atomic E-state index is -0.942. The van der Waals surface area contributed by atoms with Crippen LogP contribution in [0.15, 0.2) is 6.07 Å². The molecule has 0 aromatic carbocycles. The molecule has 0 radical (unpaired) electrons. The van der Waals surface area contributed by atoms with Gasteiger partial charge in [0, 0.05) is 25.1 Å². The van der Waals surface area contributed by atoms with E-state index in [4.69, 9.17) is 9.47 Å². The van der Waals surface area contributed by atoms with E-state index in [0.29, 0.717) is 45.3 Å². The summed E-state index contributed by atoms with van der Waals surface area (Å²) >= 11 is 0.